The smallest absolute Gasteiger partial charge is 0.0615 e. The first-order valence-electron chi connectivity index (χ1n) is 5.33. The van der Waals surface area contributed by atoms with Crippen LogP contribution in [0.5, 0.6) is 0 Å². The van der Waals surface area contributed by atoms with E-state index < -0.39 is 0 Å². The van der Waals surface area contributed by atoms with Gasteiger partial charge in [0.05, 0.1) is 6.61 Å². The molecular formula is C15H14O. The second-order valence-corrected chi connectivity index (χ2v) is 3.54. The Morgan fingerprint density at radius 1 is 0.875 bits per heavy atom. The Bertz CT molecular complexity index is 472. The van der Waals surface area contributed by atoms with Gasteiger partial charge in [-0.2, -0.15) is 0 Å². The highest BCUT2D eigenvalue weighted by Gasteiger charge is 2.00. The van der Waals surface area contributed by atoms with Crippen molar-refractivity contribution in [2.24, 2.45) is 0 Å². The van der Waals surface area contributed by atoms with Crippen LogP contribution in [0.25, 0.3) is 17.2 Å². The van der Waals surface area contributed by atoms with E-state index in [1.807, 2.05) is 36.4 Å². The molecule has 1 N–H and O–H groups in total. The highest BCUT2D eigenvalue weighted by atomic mass is 16.2. The van der Waals surface area contributed by atoms with Crippen molar-refractivity contribution in [1.82, 2.24) is 0 Å². The molecule has 0 unspecified atom stereocenters. The number of rotatable bonds is 3. The van der Waals surface area contributed by atoms with Crippen LogP contribution in [0.2, 0.25) is 0 Å². The molecule has 0 saturated carbocycles. The van der Waals surface area contributed by atoms with Crippen molar-refractivity contribution < 1.29 is 5.11 Å². The van der Waals surface area contributed by atoms with E-state index in [1.54, 1.807) is 6.08 Å². The summed E-state index contributed by atoms with van der Waals surface area (Å²) in [7, 11) is 0. The fourth-order valence-corrected chi connectivity index (χ4v) is 1.70. The molecule has 0 aliphatic heterocycles. The number of benzene rings is 2. The maximum absolute atomic E-state index is 8.80. The van der Waals surface area contributed by atoms with Gasteiger partial charge in [0.2, 0.25) is 0 Å². The van der Waals surface area contributed by atoms with E-state index in [1.165, 1.54) is 11.1 Å². The predicted molar refractivity (Wildman–Crippen MR) is 68.0 cm³/mol. The van der Waals surface area contributed by atoms with Gasteiger partial charge in [0.15, 0.2) is 0 Å². The summed E-state index contributed by atoms with van der Waals surface area (Å²) in [6.07, 6.45) is 3.70. The Morgan fingerprint density at radius 3 is 2.31 bits per heavy atom. The first-order valence-corrected chi connectivity index (χ1v) is 5.33. The summed E-state index contributed by atoms with van der Waals surface area (Å²) in [5, 5.41) is 8.80. The van der Waals surface area contributed by atoms with Crippen LogP contribution in [0, 0.1) is 0 Å². The van der Waals surface area contributed by atoms with Gasteiger partial charge >= 0.3 is 0 Å². The first-order chi connectivity index (χ1) is 7.92. The molecule has 0 fully saturated rings. The molecule has 0 heterocycles. The fraction of sp³-hybridized carbons (Fsp3) is 0.0667. The lowest BCUT2D eigenvalue weighted by molar-refractivity contribution is 0.343. The van der Waals surface area contributed by atoms with Gasteiger partial charge in [-0.05, 0) is 16.7 Å². The van der Waals surface area contributed by atoms with E-state index in [0.717, 1.165) is 5.56 Å². The Kier molecular flexibility index (Phi) is 3.52. The minimum Gasteiger partial charge on any atom is -0.392 e. The van der Waals surface area contributed by atoms with E-state index in [2.05, 4.69) is 24.3 Å². The topological polar surface area (TPSA) is 20.2 Å². The van der Waals surface area contributed by atoms with Gasteiger partial charge in [-0.1, -0.05) is 66.7 Å². The van der Waals surface area contributed by atoms with Gasteiger partial charge in [0, 0.05) is 0 Å². The van der Waals surface area contributed by atoms with Gasteiger partial charge in [-0.15, -0.1) is 0 Å². The lowest BCUT2D eigenvalue weighted by Gasteiger charge is -2.05. The highest BCUT2D eigenvalue weighted by Crippen LogP contribution is 2.24. The molecule has 2 aromatic rings. The largest absolute Gasteiger partial charge is 0.392 e. The van der Waals surface area contributed by atoms with Crippen LogP contribution < -0.4 is 0 Å². The molecule has 0 aliphatic rings. The third-order valence-corrected chi connectivity index (χ3v) is 2.45. The van der Waals surface area contributed by atoms with Crippen molar-refractivity contribution in [2.45, 2.75) is 0 Å². The highest BCUT2D eigenvalue weighted by molar-refractivity contribution is 5.75. The Balaban J connectivity index is 2.45. The minimum atomic E-state index is 0.0725. The van der Waals surface area contributed by atoms with Gasteiger partial charge in [-0.3, -0.25) is 0 Å². The van der Waals surface area contributed by atoms with Crippen molar-refractivity contribution >= 4 is 6.08 Å². The van der Waals surface area contributed by atoms with Crippen LogP contribution in [0.4, 0.5) is 0 Å². The van der Waals surface area contributed by atoms with E-state index in [0.29, 0.717) is 0 Å². The molecule has 0 spiro atoms. The van der Waals surface area contributed by atoms with E-state index in [-0.39, 0.29) is 6.61 Å². The summed E-state index contributed by atoms with van der Waals surface area (Å²) < 4.78 is 0. The van der Waals surface area contributed by atoms with Crippen LogP contribution >= 0.6 is 0 Å². The number of hydrogen-bond acceptors (Lipinski definition) is 1. The van der Waals surface area contributed by atoms with Crippen LogP contribution in [-0.2, 0) is 0 Å². The Hall–Kier alpha value is -1.86. The molecule has 0 aliphatic carbocycles. The molecule has 2 aromatic carbocycles. The van der Waals surface area contributed by atoms with Gasteiger partial charge < -0.3 is 5.11 Å². The average molecular weight is 210 g/mol. The summed E-state index contributed by atoms with van der Waals surface area (Å²) in [6, 6.07) is 18.4. The Morgan fingerprint density at radius 2 is 1.56 bits per heavy atom. The zero-order chi connectivity index (χ0) is 11.2. The summed E-state index contributed by atoms with van der Waals surface area (Å²) >= 11 is 0. The average Bonchev–Trinajstić information content (AvgIpc) is 2.38. The van der Waals surface area contributed by atoms with Crippen molar-refractivity contribution in [3.05, 3.63) is 66.2 Å². The second kappa shape index (κ2) is 5.29. The molecule has 0 amide bonds. The number of hydrogen-bond donors (Lipinski definition) is 1. The number of aliphatic hydroxyl groups excluding tert-OH is 1. The van der Waals surface area contributed by atoms with Crippen LogP contribution in [0.1, 0.15) is 5.56 Å². The third kappa shape index (κ3) is 2.38. The number of aliphatic hydroxyl groups is 1. The molecule has 1 nitrogen and oxygen atoms in total. The van der Waals surface area contributed by atoms with Crippen molar-refractivity contribution in [2.75, 3.05) is 6.61 Å². The molecule has 0 atom stereocenters. The lowest BCUT2D eigenvalue weighted by atomic mass is 9.99. The standard InChI is InChI=1S/C15H14O/c16-12-6-10-14-9-4-5-11-15(14)13-7-2-1-3-8-13/h1-11,16H,12H2/b10-6+. The zero-order valence-corrected chi connectivity index (χ0v) is 9.01. The molecule has 2 rings (SSSR count). The predicted octanol–water partition coefficient (Wildman–Crippen LogP) is 3.36. The molecule has 0 aromatic heterocycles. The van der Waals surface area contributed by atoms with Crippen molar-refractivity contribution in [1.29, 1.82) is 0 Å². The fourth-order valence-electron chi connectivity index (χ4n) is 1.70. The zero-order valence-electron chi connectivity index (χ0n) is 9.01. The van der Waals surface area contributed by atoms with Gasteiger partial charge in [0.1, 0.15) is 0 Å². The minimum absolute atomic E-state index is 0.0725. The molecule has 0 saturated heterocycles. The normalized spacial score (nSPS) is 10.8. The second-order valence-electron chi connectivity index (χ2n) is 3.54. The first kappa shape index (κ1) is 10.7. The summed E-state index contributed by atoms with van der Waals surface area (Å²) in [6.45, 7) is 0.0725. The van der Waals surface area contributed by atoms with Crippen LogP contribution in [0.3, 0.4) is 0 Å². The molecule has 80 valence electrons. The summed E-state index contributed by atoms with van der Waals surface area (Å²) in [5.41, 5.74) is 3.51. The molecule has 16 heavy (non-hydrogen) atoms. The van der Waals surface area contributed by atoms with E-state index >= 15 is 0 Å². The monoisotopic (exact) mass is 210 g/mol. The molecule has 1 heteroatoms. The van der Waals surface area contributed by atoms with Crippen LogP contribution in [-0.4, -0.2) is 11.7 Å². The molecule has 0 radical (unpaired) electrons. The third-order valence-electron chi connectivity index (χ3n) is 2.45. The Labute approximate surface area is 95.7 Å². The van der Waals surface area contributed by atoms with Crippen molar-refractivity contribution in [3.63, 3.8) is 0 Å². The van der Waals surface area contributed by atoms with Gasteiger partial charge in [0.25, 0.3) is 0 Å². The quantitative estimate of drug-likeness (QED) is 0.823. The molecular weight excluding hydrogens is 196 g/mol. The maximum atomic E-state index is 8.80. The molecule has 0 bridgehead atoms. The van der Waals surface area contributed by atoms with E-state index in [4.69, 9.17) is 5.11 Å². The summed E-state index contributed by atoms with van der Waals surface area (Å²) in [4.78, 5) is 0. The van der Waals surface area contributed by atoms with Crippen LogP contribution in [0.15, 0.2) is 60.7 Å². The maximum Gasteiger partial charge on any atom is 0.0615 e. The van der Waals surface area contributed by atoms with Crippen molar-refractivity contribution in [3.8, 4) is 11.1 Å². The lowest BCUT2D eigenvalue weighted by Crippen LogP contribution is -1.82. The van der Waals surface area contributed by atoms with E-state index in [9.17, 15) is 0 Å². The summed E-state index contributed by atoms with van der Waals surface area (Å²) in [5.74, 6) is 0. The van der Waals surface area contributed by atoms with Gasteiger partial charge in [-0.25, -0.2) is 0 Å². The SMILES string of the molecule is OC/C=C/c1ccccc1-c1ccccc1.